The highest BCUT2D eigenvalue weighted by Crippen LogP contribution is 2.44. The second-order valence-corrected chi connectivity index (χ2v) is 9.09. The van der Waals surface area contributed by atoms with Gasteiger partial charge >= 0.3 is 6.18 Å². The zero-order valence-corrected chi connectivity index (χ0v) is 19.2. The normalized spacial score (nSPS) is 22.5. The quantitative estimate of drug-likeness (QED) is 0.466. The first-order valence-electron chi connectivity index (χ1n) is 10.6. The lowest BCUT2D eigenvalue weighted by molar-refractivity contribution is -0.137. The smallest absolute Gasteiger partial charge is 0.416 e. The lowest BCUT2D eigenvalue weighted by Gasteiger charge is -2.36. The molecule has 176 valence electrons. The van der Waals surface area contributed by atoms with Crippen molar-refractivity contribution >= 4 is 24.0 Å². The number of nitrogens with one attached hydrogen (secondary N) is 1. The van der Waals surface area contributed by atoms with Crippen LogP contribution in [0, 0.1) is 0 Å². The number of fused-ring (bicyclic) bond motifs is 3. The van der Waals surface area contributed by atoms with E-state index in [4.69, 9.17) is 16.3 Å². The minimum absolute atomic E-state index is 0. The average Bonchev–Trinajstić information content (AvgIpc) is 3.16. The SMILES string of the molecule is Cl.FC(F)(F)c1ccc(OC2CCC(Cl)(c3ccc4c(c3)CNCc3nncn3-4)CC2)cc1. The number of hydrogen-bond acceptors (Lipinski definition) is 4. The molecule has 1 N–H and O–H groups in total. The van der Waals surface area contributed by atoms with Crippen LogP contribution in [0.3, 0.4) is 0 Å². The number of nitrogens with zero attached hydrogens (tertiary/aromatic N) is 3. The van der Waals surface area contributed by atoms with Gasteiger partial charge in [-0.2, -0.15) is 13.2 Å². The van der Waals surface area contributed by atoms with E-state index in [0.29, 0.717) is 12.3 Å². The monoisotopic (exact) mass is 498 g/mol. The summed E-state index contributed by atoms with van der Waals surface area (Å²) in [7, 11) is 0. The van der Waals surface area contributed by atoms with Gasteiger partial charge in [-0.15, -0.1) is 34.2 Å². The van der Waals surface area contributed by atoms with Crippen LogP contribution in [0.25, 0.3) is 5.69 Å². The van der Waals surface area contributed by atoms with E-state index >= 15 is 0 Å². The molecule has 3 aromatic rings. The molecule has 5 nitrogen and oxygen atoms in total. The van der Waals surface area contributed by atoms with Crippen molar-refractivity contribution in [2.45, 2.75) is 55.9 Å². The Morgan fingerprint density at radius 2 is 1.79 bits per heavy atom. The molecule has 2 aliphatic rings. The Morgan fingerprint density at radius 3 is 2.48 bits per heavy atom. The predicted octanol–water partition coefficient (Wildman–Crippen LogP) is 5.77. The topological polar surface area (TPSA) is 52.0 Å². The molecule has 0 saturated heterocycles. The number of aromatic nitrogens is 3. The van der Waals surface area contributed by atoms with Gasteiger partial charge in [-0.05, 0) is 67.1 Å². The number of hydrogen-bond donors (Lipinski definition) is 1. The predicted molar refractivity (Wildman–Crippen MR) is 121 cm³/mol. The molecule has 1 aliphatic heterocycles. The van der Waals surface area contributed by atoms with Crippen molar-refractivity contribution in [2.75, 3.05) is 0 Å². The van der Waals surface area contributed by atoms with Crippen LogP contribution in [-0.2, 0) is 24.1 Å². The van der Waals surface area contributed by atoms with Crippen molar-refractivity contribution < 1.29 is 17.9 Å². The van der Waals surface area contributed by atoms with Gasteiger partial charge in [0.05, 0.1) is 28.8 Å². The molecule has 0 amide bonds. The van der Waals surface area contributed by atoms with E-state index in [1.165, 1.54) is 12.1 Å². The summed E-state index contributed by atoms with van der Waals surface area (Å²) in [6, 6.07) is 11.1. The van der Waals surface area contributed by atoms with Crippen molar-refractivity contribution in [2.24, 2.45) is 0 Å². The minimum atomic E-state index is -4.35. The second kappa shape index (κ2) is 9.16. The van der Waals surface area contributed by atoms with Crippen molar-refractivity contribution in [3.05, 3.63) is 71.3 Å². The summed E-state index contributed by atoms with van der Waals surface area (Å²) >= 11 is 7.07. The molecule has 33 heavy (non-hydrogen) atoms. The van der Waals surface area contributed by atoms with Crippen LogP contribution >= 0.6 is 24.0 Å². The zero-order valence-electron chi connectivity index (χ0n) is 17.6. The second-order valence-electron chi connectivity index (χ2n) is 8.37. The van der Waals surface area contributed by atoms with Crippen molar-refractivity contribution in [3.8, 4) is 11.4 Å². The summed E-state index contributed by atoms with van der Waals surface area (Å²) in [6.45, 7) is 1.37. The van der Waals surface area contributed by atoms with E-state index in [0.717, 1.165) is 67.0 Å². The van der Waals surface area contributed by atoms with Crippen LogP contribution in [0.15, 0.2) is 48.8 Å². The standard InChI is InChI=1S/C23H22ClF3N4O.ClH/c24-22(17-3-6-20-15(11-17)12-28-13-21-30-29-14-31(20)21)9-7-19(8-10-22)32-18-4-1-16(2-5-18)23(25,26)27;/h1-6,11,14,19,28H,7-10,12-13H2;1H. The Balaban J connectivity index is 0.00000259. The van der Waals surface area contributed by atoms with Gasteiger partial charge in [-0.25, -0.2) is 0 Å². The van der Waals surface area contributed by atoms with E-state index in [9.17, 15) is 13.2 Å². The number of benzene rings is 2. The molecule has 0 unspecified atom stereocenters. The molecule has 10 heteroatoms. The van der Waals surface area contributed by atoms with Crippen molar-refractivity contribution in [3.63, 3.8) is 0 Å². The first-order valence-corrected chi connectivity index (χ1v) is 11.0. The fourth-order valence-corrected chi connectivity index (χ4v) is 4.84. The molecule has 2 heterocycles. The minimum Gasteiger partial charge on any atom is -0.490 e. The number of rotatable bonds is 3. The Bertz CT molecular complexity index is 1110. The summed E-state index contributed by atoms with van der Waals surface area (Å²) in [6.07, 6.45) is 0.224. The van der Waals surface area contributed by atoms with Gasteiger partial charge in [0.15, 0.2) is 5.82 Å². The summed E-state index contributed by atoms with van der Waals surface area (Å²) < 4.78 is 46.2. The van der Waals surface area contributed by atoms with Crippen LogP contribution in [0.4, 0.5) is 13.2 Å². The molecule has 1 aliphatic carbocycles. The van der Waals surface area contributed by atoms with Crippen LogP contribution in [0.2, 0.25) is 0 Å². The number of alkyl halides is 4. The third-order valence-corrected chi connectivity index (χ3v) is 6.88. The lowest BCUT2D eigenvalue weighted by atomic mass is 9.81. The fourth-order valence-electron chi connectivity index (χ4n) is 4.50. The summed E-state index contributed by atoms with van der Waals surface area (Å²) in [5, 5.41) is 11.5. The van der Waals surface area contributed by atoms with E-state index < -0.39 is 16.6 Å². The van der Waals surface area contributed by atoms with Gasteiger partial charge in [0, 0.05) is 6.54 Å². The van der Waals surface area contributed by atoms with Gasteiger partial charge in [-0.3, -0.25) is 4.57 Å². The molecule has 0 atom stereocenters. The lowest BCUT2D eigenvalue weighted by Crippen LogP contribution is -2.31. The van der Waals surface area contributed by atoms with Crippen LogP contribution in [-0.4, -0.2) is 20.9 Å². The van der Waals surface area contributed by atoms with Crippen molar-refractivity contribution in [1.29, 1.82) is 0 Å². The molecule has 1 fully saturated rings. The van der Waals surface area contributed by atoms with Gasteiger partial charge in [-0.1, -0.05) is 12.1 Å². The van der Waals surface area contributed by atoms with E-state index in [-0.39, 0.29) is 18.5 Å². The summed E-state index contributed by atoms with van der Waals surface area (Å²) in [5.74, 6) is 1.32. The van der Waals surface area contributed by atoms with Gasteiger partial charge in [0.25, 0.3) is 0 Å². The Labute approximate surface area is 200 Å². The van der Waals surface area contributed by atoms with E-state index in [1.54, 1.807) is 6.33 Å². The molecule has 0 bridgehead atoms. The Morgan fingerprint density at radius 1 is 1.06 bits per heavy atom. The van der Waals surface area contributed by atoms with Gasteiger partial charge in [0.1, 0.15) is 12.1 Å². The molecule has 2 aromatic carbocycles. The molecular formula is C23H23Cl2F3N4O. The summed E-state index contributed by atoms with van der Waals surface area (Å²) in [5.41, 5.74) is 2.59. The zero-order chi connectivity index (χ0) is 22.3. The Kier molecular flexibility index (Phi) is 6.62. The maximum Gasteiger partial charge on any atom is 0.416 e. The van der Waals surface area contributed by atoms with Crippen molar-refractivity contribution in [1.82, 2.24) is 20.1 Å². The van der Waals surface area contributed by atoms with Gasteiger partial charge < -0.3 is 10.1 Å². The van der Waals surface area contributed by atoms with Crippen LogP contribution < -0.4 is 10.1 Å². The van der Waals surface area contributed by atoms with E-state index in [1.807, 2.05) is 4.57 Å². The van der Waals surface area contributed by atoms with Crippen LogP contribution in [0.5, 0.6) is 5.75 Å². The first kappa shape index (κ1) is 23.9. The molecule has 1 saturated carbocycles. The van der Waals surface area contributed by atoms with Gasteiger partial charge in [0.2, 0.25) is 0 Å². The highest BCUT2D eigenvalue weighted by Gasteiger charge is 2.36. The molecule has 0 spiro atoms. The maximum atomic E-state index is 12.7. The fraction of sp³-hybridized carbons (Fsp3) is 0.391. The molecular weight excluding hydrogens is 476 g/mol. The van der Waals surface area contributed by atoms with Crippen LogP contribution in [0.1, 0.15) is 48.2 Å². The average molecular weight is 499 g/mol. The highest BCUT2D eigenvalue weighted by molar-refractivity contribution is 6.24. The summed E-state index contributed by atoms with van der Waals surface area (Å²) in [4.78, 5) is -0.489. The van der Waals surface area contributed by atoms with E-state index in [2.05, 4.69) is 33.7 Å². The third kappa shape index (κ3) is 4.83. The molecule has 5 rings (SSSR count). The molecule has 0 radical (unpaired) electrons. The highest BCUT2D eigenvalue weighted by atomic mass is 35.5. The first-order chi connectivity index (χ1) is 15.3. The molecule has 1 aromatic heterocycles. The number of ether oxygens (including phenoxy) is 1. The number of halogens is 5. The maximum absolute atomic E-state index is 12.7. The Hall–Kier alpha value is -2.29. The largest absolute Gasteiger partial charge is 0.490 e. The third-order valence-electron chi connectivity index (χ3n) is 6.28.